The standard InChI is InChI=1S/C16H29N3O/c1-13(2)11-17-12-16(20)10-14-8-9-19(18-14)15-6-4-3-5-7-15/h8-9,13,15-17,20H,3-7,10-12H2,1-2H3. The van der Waals surface area contributed by atoms with Gasteiger partial charge in [0, 0.05) is 19.2 Å². The number of nitrogens with one attached hydrogen (secondary N) is 1. The van der Waals surface area contributed by atoms with Crippen LogP contribution in [0.1, 0.15) is 57.7 Å². The zero-order valence-corrected chi connectivity index (χ0v) is 12.9. The van der Waals surface area contributed by atoms with E-state index in [4.69, 9.17) is 0 Å². The predicted octanol–water partition coefficient (Wildman–Crippen LogP) is 2.54. The van der Waals surface area contributed by atoms with E-state index in [-0.39, 0.29) is 6.10 Å². The number of nitrogens with zero attached hydrogens (tertiary/aromatic N) is 2. The fourth-order valence-electron chi connectivity index (χ4n) is 2.89. The van der Waals surface area contributed by atoms with Crippen LogP contribution in [-0.2, 0) is 6.42 Å². The summed E-state index contributed by atoms with van der Waals surface area (Å²) < 4.78 is 2.11. The first kappa shape index (κ1) is 15.5. The fourth-order valence-corrected chi connectivity index (χ4v) is 2.89. The van der Waals surface area contributed by atoms with Gasteiger partial charge in [-0.15, -0.1) is 0 Å². The number of aromatic nitrogens is 2. The van der Waals surface area contributed by atoms with Crippen LogP contribution in [0, 0.1) is 5.92 Å². The minimum absolute atomic E-state index is 0.344. The first-order valence-corrected chi connectivity index (χ1v) is 8.08. The van der Waals surface area contributed by atoms with E-state index >= 15 is 0 Å². The molecule has 1 aliphatic rings. The van der Waals surface area contributed by atoms with Gasteiger partial charge in [-0.1, -0.05) is 33.1 Å². The fraction of sp³-hybridized carbons (Fsp3) is 0.812. The average molecular weight is 279 g/mol. The van der Waals surface area contributed by atoms with E-state index in [9.17, 15) is 5.11 Å². The van der Waals surface area contributed by atoms with Crippen LogP contribution in [0.2, 0.25) is 0 Å². The average Bonchev–Trinajstić information content (AvgIpc) is 2.88. The molecule has 1 unspecified atom stereocenters. The first-order chi connectivity index (χ1) is 9.65. The third-order valence-electron chi connectivity index (χ3n) is 3.99. The molecule has 1 aliphatic carbocycles. The second-order valence-electron chi connectivity index (χ2n) is 6.49. The number of aliphatic hydroxyl groups excluding tert-OH is 1. The van der Waals surface area contributed by atoms with Gasteiger partial charge in [-0.3, -0.25) is 4.68 Å². The van der Waals surface area contributed by atoms with Crippen molar-refractivity contribution in [3.8, 4) is 0 Å². The highest BCUT2D eigenvalue weighted by Crippen LogP contribution is 2.27. The van der Waals surface area contributed by atoms with Crippen LogP contribution < -0.4 is 5.32 Å². The molecule has 4 heteroatoms. The minimum atomic E-state index is -0.344. The van der Waals surface area contributed by atoms with Crippen molar-refractivity contribution in [2.45, 2.75) is 64.5 Å². The lowest BCUT2D eigenvalue weighted by Crippen LogP contribution is -2.31. The molecule has 0 radical (unpaired) electrons. The molecule has 20 heavy (non-hydrogen) atoms. The molecule has 0 aromatic carbocycles. The summed E-state index contributed by atoms with van der Waals surface area (Å²) in [6.07, 6.45) is 8.89. The third-order valence-corrected chi connectivity index (χ3v) is 3.99. The van der Waals surface area contributed by atoms with Gasteiger partial charge in [-0.2, -0.15) is 5.10 Å². The Morgan fingerprint density at radius 3 is 2.75 bits per heavy atom. The van der Waals surface area contributed by atoms with Crippen LogP contribution in [0.25, 0.3) is 0 Å². The predicted molar refractivity (Wildman–Crippen MR) is 81.8 cm³/mol. The molecule has 0 saturated heterocycles. The van der Waals surface area contributed by atoms with Crippen LogP contribution in [0.15, 0.2) is 12.3 Å². The molecular formula is C16H29N3O. The normalized spacial score (nSPS) is 18.6. The molecule has 1 saturated carbocycles. The van der Waals surface area contributed by atoms with Crippen molar-refractivity contribution in [3.05, 3.63) is 18.0 Å². The Labute approximate surface area is 122 Å². The van der Waals surface area contributed by atoms with Gasteiger partial charge in [0.25, 0.3) is 0 Å². The molecule has 0 aliphatic heterocycles. The smallest absolute Gasteiger partial charge is 0.0720 e. The van der Waals surface area contributed by atoms with Crippen LogP contribution in [-0.4, -0.2) is 34.1 Å². The summed E-state index contributed by atoms with van der Waals surface area (Å²) in [4.78, 5) is 0. The SMILES string of the molecule is CC(C)CNCC(O)Cc1ccn(C2CCCCC2)n1. The lowest BCUT2D eigenvalue weighted by molar-refractivity contribution is 0.169. The summed E-state index contributed by atoms with van der Waals surface area (Å²) in [6, 6.07) is 2.63. The zero-order valence-electron chi connectivity index (χ0n) is 12.9. The van der Waals surface area contributed by atoms with Gasteiger partial charge in [0.1, 0.15) is 0 Å². The Morgan fingerprint density at radius 2 is 2.05 bits per heavy atom. The van der Waals surface area contributed by atoms with Crippen LogP contribution >= 0.6 is 0 Å². The molecule has 0 amide bonds. The van der Waals surface area contributed by atoms with E-state index in [1.807, 2.05) is 0 Å². The molecule has 1 aromatic rings. The molecule has 0 spiro atoms. The van der Waals surface area contributed by atoms with Gasteiger partial charge in [0.2, 0.25) is 0 Å². The second kappa shape index (κ2) is 7.79. The van der Waals surface area contributed by atoms with Gasteiger partial charge in [-0.05, 0) is 31.4 Å². The summed E-state index contributed by atoms with van der Waals surface area (Å²) in [5.41, 5.74) is 1.01. The molecule has 114 valence electrons. The molecular weight excluding hydrogens is 250 g/mol. The van der Waals surface area contributed by atoms with E-state index in [1.54, 1.807) is 0 Å². The molecule has 1 heterocycles. The van der Waals surface area contributed by atoms with Gasteiger partial charge in [0.05, 0.1) is 17.8 Å². The summed E-state index contributed by atoms with van der Waals surface area (Å²) in [5.74, 6) is 0.618. The summed E-state index contributed by atoms with van der Waals surface area (Å²) in [5, 5.41) is 18.0. The second-order valence-corrected chi connectivity index (χ2v) is 6.49. The molecule has 0 bridgehead atoms. The topological polar surface area (TPSA) is 50.1 Å². The van der Waals surface area contributed by atoms with Gasteiger partial charge < -0.3 is 10.4 Å². The van der Waals surface area contributed by atoms with Crippen molar-refractivity contribution in [1.29, 1.82) is 0 Å². The van der Waals surface area contributed by atoms with Gasteiger partial charge in [-0.25, -0.2) is 0 Å². The van der Waals surface area contributed by atoms with E-state index in [2.05, 4.69) is 41.2 Å². The Kier molecular flexibility index (Phi) is 6.05. The quantitative estimate of drug-likeness (QED) is 0.806. The highest BCUT2D eigenvalue weighted by Gasteiger charge is 2.16. The number of hydrogen-bond donors (Lipinski definition) is 2. The lowest BCUT2D eigenvalue weighted by Gasteiger charge is -2.21. The highest BCUT2D eigenvalue weighted by atomic mass is 16.3. The van der Waals surface area contributed by atoms with Gasteiger partial charge >= 0.3 is 0 Å². The molecule has 2 N–H and O–H groups in total. The summed E-state index contributed by atoms with van der Waals surface area (Å²) in [7, 11) is 0. The maximum Gasteiger partial charge on any atom is 0.0720 e. The highest BCUT2D eigenvalue weighted by molar-refractivity contribution is 5.02. The molecule has 1 fully saturated rings. The number of aliphatic hydroxyl groups is 1. The van der Waals surface area contributed by atoms with Crippen molar-refractivity contribution in [2.75, 3.05) is 13.1 Å². The van der Waals surface area contributed by atoms with Crippen molar-refractivity contribution in [2.24, 2.45) is 5.92 Å². The number of rotatable bonds is 7. The monoisotopic (exact) mass is 279 g/mol. The third kappa shape index (κ3) is 4.91. The first-order valence-electron chi connectivity index (χ1n) is 8.08. The molecule has 4 nitrogen and oxygen atoms in total. The van der Waals surface area contributed by atoms with Crippen LogP contribution in [0.5, 0.6) is 0 Å². The van der Waals surface area contributed by atoms with E-state index in [0.717, 1.165) is 12.2 Å². The van der Waals surface area contributed by atoms with Crippen LogP contribution in [0.4, 0.5) is 0 Å². The van der Waals surface area contributed by atoms with Crippen molar-refractivity contribution >= 4 is 0 Å². The van der Waals surface area contributed by atoms with Gasteiger partial charge in [0.15, 0.2) is 0 Å². The minimum Gasteiger partial charge on any atom is -0.391 e. The maximum absolute atomic E-state index is 10.0. The Hall–Kier alpha value is -0.870. The number of hydrogen-bond acceptors (Lipinski definition) is 3. The van der Waals surface area contributed by atoms with Crippen molar-refractivity contribution in [3.63, 3.8) is 0 Å². The Balaban J connectivity index is 1.76. The molecule has 1 atom stereocenters. The van der Waals surface area contributed by atoms with E-state index in [0.29, 0.717) is 24.9 Å². The van der Waals surface area contributed by atoms with E-state index in [1.165, 1.54) is 32.1 Å². The maximum atomic E-state index is 10.0. The largest absolute Gasteiger partial charge is 0.391 e. The van der Waals surface area contributed by atoms with Crippen molar-refractivity contribution < 1.29 is 5.11 Å². The summed E-state index contributed by atoms with van der Waals surface area (Å²) in [6.45, 7) is 5.94. The Bertz CT molecular complexity index is 383. The molecule has 2 rings (SSSR count). The summed E-state index contributed by atoms with van der Waals surface area (Å²) >= 11 is 0. The zero-order chi connectivity index (χ0) is 14.4. The van der Waals surface area contributed by atoms with Crippen molar-refractivity contribution in [1.82, 2.24) is 15.1 Å². The Morgan fingerprint density at radius 1 is 1.30 bits per heavy atom. The molecule has 1 aromatic heterocycles. The lowest BCUT2D eigenvalue weighted by atomic mass is 9.96. The van der Waals surface area contributed by atoms with E-state index < -0.39 is 0 Å². The van der Waals surface area contributed by atoms with Crippen LogP contribution in [0.3, 0.4) is 0 Å².